The number of carbonyl (C=O) groups is 1. The Morgan fingerprint density at radius 3 is 3.04 bits per heavy atom. The average Bonchev–Trinajstić information content (AvgIpc) is 3.10. The summed E-state index contributed by atoms with van der Waals surface area (Å²) in [5.74, 6) is 1.16. The fraction of sp³-hybridized carbons (Fsp3) is 0.211. The smallest absolute Gasteiger partial charge is 0.259 e. The van der Waals surface area contributed by atoms with E-state index in [1.165, 1.54) is 6.20 Å². The van der Waals surface area contributed by atoms with E-state index >= 15 is 0 Å². The number of fused-ring (bicyclic) bond motifs is 1. The Morgan fingerprint density at radius 1 is 1.31 bits per heavy atom. The minimum Gasteiger partial charge on any atom is -0.289 e. The van der Waals surface area contributed by atoms with E-state index in [0.717, 1.165) is 24.2 Å². The first-order valence-electron chi connectivity index (χ1n) is 8.38. The number of anilines is 1. The van der Waals surface area contributed by atoms with Gasteiger partial charge in [-0.05, 0) is 36.2 Å². The number of amides is 1. The number of nitrogens with one attached hydrogen (secondary N) is 1. The maximum absolute atomic E-state index is 12.2. The summed E-state index contributed by atoms with van der Waals surface area (Å²) in [6, 6.07) is 13.3. The number of hydrogen-bond acceptors (Lipinski definition) is 5. The van der Waals surface area contributed by atoms with E-state index in [9.17, 15) is 4.79 Å². The van der Waals surface area contributed by atoms with Gasteiger partial charge >= 0.3 is 0 Å². The molecule has 1 unspecified atom stereocenters. The summed E-state index contributed by atoms with van der Waals surface area (Å²) in [6.45, 7) is 0.681. The van der Waals surface area contributed by atoms with Crippen molar-refractivity contribution in [2.24, 2.45) is 0 Å². The Morgan fingerprint density at radius 2 is 2.23 bits per heavy atom. The van der Waals surface area contributed by atoms with Crippen molar-refractivity contribution in [3.8, 4) is 6.07 Å². The lowest BCUT2D eigenvalue weighted by atomic mass is 9.91. The third-order valence-electron chi connectivity index (χ3n) is 4.49. The highest BCUT2D eigenvalue weighted by Crippen LogP contribution is 2.29. The van der Waals surface area contributed by atoms with E-state index in [1.807, 2.05) is 22.9 Å². The highest BCUT2D eigenvalue weighted by Gasteiger charge is 2.23. The van der Waals surface area contributed by atoms with Crippen LogP contribution in [0.15, 0.2) is 48.8 Å². The second-order valence-electron chi connectivity index (χ2n) is 6.20. The maximum Gasteiger partial charge on any atom is 0.259 e. The fourth-order valence-corrected chi connectivity index (χ4v) is 3.17. The average molecular weight is 344 g/mol. The molecule has 0 aliphatic carbocycles. The number of nitriles is 1. The van der Waals surface area contributed by atoms with Crippen LogP contribution in [0.3, 0.4) is 0 Å². The molecule has 7 heteroatoms. The molecule has 3 heterocycles. The molecule has 0 fully saturated rings. The van der Waals surface area contributed by atoms with E-state index in [-0.39, 0.29) is 11.8 Å². The van der Waals surface area contributed by atoms with E-state index in [0.29, 0.717) is 23.6 Å². The third-order valence-corrected chi connectivity index (χ3v) is 4.49. The summed E-state index contributed by atoms with van der Waals surface area (Å²) in [5.41, 5.74) is 2.26. The van der Waals surface area contributed by atoms with Gasteiger partial charge in [-0.2, -0.15) is 10.2 Å². The van der Waals surface area contributed by atoms with Gasteiger partial charge in [0.25, 0.3) is 5.91 Å². The van der Waals surface area contributed by atoms with Crippen LogP contribution in [0.25, 0.3) is 0 Å². The van der Waals surface area contributed by atoms with Crippen molar-refractivity contribution < 1.29 is 4.79 Å². The molecule has 1 N–H and O–H groups in total. The molecule has 1 amide bonds. The largest absolute Gasteiger partial charge is 0.289 e. The van der Waals surface area contributed by atoms with E-state index < -0.39 is 0 Å². The second kappa shape index (κ2) is 6.76. The van der Waals surface area contributed by atoms with Gasteiger partial charge in [0.15, 0.2) is 0 Å². The van der Waals surface area contributed by atoms with E-state index in [4.69, 9.17) is 5.26 Å². The van der Waals surface area contributed by atoms with Crippen LogP contribution in [-0.4, -0.2) is 25.7 Å². The monoisotopic (exact) mass is 344 g/mol. The van der Waals surface area contributed by atoms with Crippen molar-refractivity contribution in [1.29, 1.82) is 5.26 Å². The summed E-state index contributed by atoms with van der Waals surface area (Å²) in [6.07, 6.45) is 4.83. The Labute approximate surface area is 150 Å². The highest BCUT2D eigenvalue weighted by molar-refractivity contribution is 6.03. The Bertz CT molecular complexity index is 989. The molecule has 1 aromatic carbocycles. The molecule has 2 aromatic heterocycles. The Kier molecular flexibility index (Phi) is 4.15. The van der Waals surface area contributed by atoms with Gasteiger partial charge in [-0.3, -0.25) is 15.1 Å². The number of pyridine rings is 1. The number of carbonyl (C=O) groups excluding carboxylic acids is 1. The molecule has 1 aliphatic heterocycles. The number of nitrogens with zero attached hydrogens (tertiary/aromatic N) is 5. The topological polar surface area (TPSA) is 96.5 Å². The Hall–Kier alpha value is -3.53. The van der Waals surface area contributed by atoms with E-state index in [1.54, 1.807) is 24.4 Å². The van der Waals surface area contributed by atoms with Crippen LogP contribution in [0.2, 0.25) is 0 Å². The number of benzene rings is 1. The lowest BCUT2D eigenvalue weighted by Gasteiger charge is -2.22. The van der Waals surface area contributed by atoms with Crippen molar-refractivity contribution in [3.05, 3.63) is 71.3 Å². The van der Waals surface area contributed by atoms with Gasteiger partial charge in [0, 0.05) is 31.3 Å². The number of hydrogen-bond donors (Lipinski definition) is 1. The van der Waals surface area contributed by atoms with Crippen molar-refractivity contribution in [2.75, 3.05) is 5.32 Å². The molecule has 0 bridgehead atoms. The number of rotatable bonds is 3. The summed E-state index contributed by atoms with van der Waals surface area (Å²) in [5, 5.41) is 16.2. The minimum atomic E-state index is -0.278. The first-order chi connectivity index (χ1) is 12.7. The Balaban J connectivity index is 1.50. The van der Waals surface area contributed by atoms with E-state index in [2.05, 4.69) is 26.5 Å². The fourth-order valence-electron chi connectivity index (χ4n) is 3.17. The van der Waals surface area contributed by atoms with Crippen LogP contribution >= 0.6 is 0 Å². The van der Waals surface area contributed by atoms with Crippen molar-refractivity contribution >= 4 is 11.9 Å². The summed E-state index contributed by atoms with van der Waals surface area (Å²) in [7, 11) is 0. The molecule has 1 aliphatic rings. The van der Waals surface area contributed by atoms with Gasteiger partial charge in [-0.1, -0.05) is 12.1 Å². The summed E-state index contributed by atoms with van der Waals surface area (Å²) >= 11 is 0. The molecular weight excluding hydrogens is 328 g/mol. The van der Waals surface area contributed by atoms with Crippen LogP contribution in [0.5, 0.6) is 0 Å². The lowest BCUT2D eigenvalue weighted by molar-refractivity contribution is 0.102. The molecule has 128 valence electrons. The molecular formula is C19H16N6O. The van der Waals surface area contributed by atoms with Crippen molar-refractivity contribution in [2.45, 2.75) is 25.3 Å². The first-order valence-corrected chi connectivity index (χ1v) is 8.38. The number of aryl methyl sites for hydroxylation is 1. The van der Waals surface area contributed by atoms with Gasteiger partial charge in [-0.25, -0.2) is 4.68 Å². The van der Waals surface area contributed by atoms with Crippen LogP contribution in [0, 0.1) is 11.3 Å². The van der Waals surface area contributed by atoms with Crippen LogP contribution in [-0.2, 0) is 13.0 Å². The standard InChI is InChI=1S/C19H16N6O/c20-10-13-3-1-4-14(9-13)16-6-7-17-22-19(24-25(17)12-16)23-18(26)15-5-2-8-21-11-15/h1-5,8-9,11,16H,6-7,12H2,(H,23,24,26). The molecule has 26 heavy (non-hydrogen) atoms. The predicted octanol–water partition coefficient (Wildman–Crippen LogP) is 2.53. The first kappa shape index (κ1) is 16.0. The summed E-state index contributed by atoms with van der Waals surface area (Å²) < 4.78 is 1.84. The normalized spacial score (nSPS) is 15.7. The van der Waals surface area contributed by atoms with Gasteiger partial charge in [-0.15, -0.1) is 5.10 Å². The van der Waals surface area contributed by atoms with Crippen LogP contribution in [0.4, 0.5) is 5.95 Å². The molecule has 4 rings (SSSR count). The number of aromatic nitrogens is 4. The third kappa shape index (κ3) is 3.17. The van der Waals surface area contributed by atoms with Gasteiger partial charge in [0.05, 0.1) is 17.2 Å². The zero-order valence-corrected chi connectivity index (χ0v) is 14.0. The molecule has 0 saturated heterocycles. The zero-order valence-electron chi connectivity index (χ0n) is 14.0. The molecule has 7 nitrogen and oxygen atoms in total. The SMILES string of the molecule is N#Cc1cccc(C2CCc3nc(NC(=O)c4cccnc4)nn3C2)c1. The second-order valence-corrected chi connectivity index (χ2v) is 6.20. The lowest BCUT2D eigenvalue weighted by Crippen LogP contribution is -2.20. The molecule has 1 atom stereocenters. The summed E-state index contributed by atoms with van der Waals surface area (Å²) in [4.78, 5) is 20.6. The van der Waals surface area contributed by atoms with Crippen molar-refractivity contribution in [1.82, 2.24) is 19.7 Å². The van der Waals surface area contributed by atoms with Crippen LogP contribution in [0.1, 0.15) is 39.6 Å². The molecule has 3 aromatic rings. The van der Waals surface area contributed by atoms with Crippen LogP contribution < -0.4 is 5.32 Å². The van der Waals surface area contributed by atoms with Gasteiger partial charge < -0.3 is 0 Å². The molecule has 0 radical (unpaired) electrons. The maximum atomic E-state index is 12.2. The zero-order chi connectivity index (χ0) is 17.9. The quantitative estimate of drug-likeness (QED) is 0.787. The highest BCUT2D eigenvalue weighted by atomic mass is 16.1. The van der Waals surface area contributed by atoms with Gasteiger partial charge in [0.1, 0.15) is 5.82 Å². The predicted molar refractivity (Wildman–Crippen MR) is 94.4 cm³/mol. The molecule has 0 spiro atoms. The van der Waals surface area contributed by atoms with Crippen molar-refractivity contribution in [3.63, 3.8) is 0 Å². The molecule has 0 saturated carbocycles. The van der Waals surface area contributed by atoms with Gasteiger partial charge in [0.2, 0.25) is 5.95 Å². The minimum absolute atomic E-state index is 0.277.